The number of hydrogen-bond donors (Lipinski definition) is 1. The van der Waals surface area contributed by atoms with Gasteiger partial charge >= 0.3 is 5.97 Å². The van der Waals surface area contributed by atoms with E-state index in [2.05, 4.69) is 26.0 Å². The average Bonchev–Trinajstić information content (AvgIpc) is 2.59. The highest BCUT2D eigenvalue weighted by molar-refractivity contribution is 5.77. The molecule has 1 aliphatic rings. The minimum atomic E-state index is -0.689. The van der Waals surface area contributed by atoms with Crippen molar-refractivity contribution in [1.29, 1.82) is 0 Å². The molecule has 0 saturated carbocycles. The lowest BCUT2D eigenvalue weighted by molar-refractivity contribution is -0.138. The Balaban J connectivity index is 2.37. The Morgan fingerprint density at radius 1 is 1.47 bits per heavy atom. The van der Waals surface area contributed by atoms with Crippen LogP contribution in [0.25, 0.3) is 0 Å². The number of benzene rings is 1. The quantitative estimate of drug-likeness (QED) is 0.804. The molecule has 1 aromatic carbocycles. The molecule has 0 bridgehead atoms. The zero-order chi connectivity index (χ0) is 11.0. The molecule has 2 nitrogen and oxygen atoms in total. The van der Waals surface area contributed by atoms with Crippen LogP contribution in [-0.2, 0) is 11.2 Å². The van der Waals surface area contributed by atoms with E-state index in [0.29, 0.717) is 5.92 Å². The van der Waals surface area contributed by atoms with Gasteiger partial charge in [0.2, 0.25) is 0 Å². The Hall–Kier alpha value is -1.31. The summed E-state index contributed by atoms with van der Waals surface area (Å²) >= 11 is 0. The van der Waals surface area contributed by atoms with Crippen LogP contribution >= 0.6 is 0 Å². The minimum absolute atomic E-state index is 0.277. The maximum Gasteiger partial charge on any atom is 0.310 e. The Kier molecular flexibility index (Phi) is 2.51. The van der Waals surface area contributed by atoms with Crippen molar-refractivity contribution in [3.05, 3.63) is 34.9 Å². The van der Waals surface area contributed by atoms with Crippen molar-refractivity contribution in [2.45, 2.75) is 38.5 Å². The van der Waals surface area contributed by atoms with Crippen LogP contribution in [0.2, 0.25) is 0 Å². The lowest BCUT2D eigenvalue weighted by Crippen LogP contribution is -2.07. The molecule has 0 aromatic heterocycles. The number of hydrogen-bond acceptors (Lipinski definition) is 1. The Morgan fingerprint density at radius 3 is 2.80 bits per heavy atom. The second-order valence-corrected chi connectivity index (χ2v) is 4.54. The molecule has 1 aromatic rings. The fraction of sp³-hybridized carbons (Fsp3) is 0.462. The van der Waals surface area contributed by atoms with Gasteiger partial charge in [-0.05, 0) is 35.4 Å². The maximum atomic E-state index is 11.0. The van der Waals surface area contributed by atoms with E-state index in [4.69, 9.17) is 5.11 Å². The molecular weight excluding hydrogens is 188 g/mol. The molecule has 0 radical (unpaired) electrons. The fourth-order valence-corrected chi connectivity index (χ4v) is 2.25. The van der Waals surface area contributed by atoms with Crippen LogP contribution in [0.4, 0.5) is 0 Å². The van der Waals surface area contributed by atoms with Crippen LogP contribution in [0.3, 0.4) is 0 Å². The van der Waals surface area contributed by atoms with E-state index in [1.807, 2.05) is 6.07 Å². The van der Waals surface area contributed by atoms with Gasteiger partial charge in [0.25, 0.3) is 0 Å². The lowest BCUT2D eigenvalue weighted by atomic mass is 9.96. The highest BCUT2D eigenvalue weighted by Crippen LogP contribution is 2.34. The first kappa shape index (κ1) is 10.2. The monoisotopic (exact) mass is 204 g/mol. The van der Waals surface area contributed by atoms with Gasteiger partial charge in [-0.3, -0.25) is 4.79 Å². The van der Waals surface area contributed by atoms with E-state index < -0.39 is 5.97 Å². The number of carboxylic acid groups (broad SMARTS) is 1. The minimum Gasteiger partial charge on any atom is -0.481 e. The summed E-state index contributed by atoms with van der Waals surface area (Å²) in [6, 6.07) is 6.23. The van der Waals surface area contributed by atoms with Crippen LogP contribution in [0.15, 0.2) is 18.2 Å². The Labute approximate surface area is 89.9 Å². The predicted octanol–water partition coefficient (Wildman–Crippen LogP) is 2.92. The molecule has 15 heavy (non-hydrogen) atoms. The molecule has 0 amide bonds. The number of carboxylic acids is 1. The molecule has 0 saturated heterocycles. The molecule has 0 heterocycles. The fourth-order valence-electron chi connectivity index (χ4n) is 2.25. The SMILES string of the molecule is CC(C)c1ccc2c(c1)CC[C@H]2C(=O)O. The van der Waals surface area contributed by atoms with Gasteiger partial charge in [-0.1, -0.05) is 32.0 Å². The largest absolute Gasteiger partial charge is 0.481 e. The molecule has 2 heteroatoms. The van der Waals surface area contributed by atoms with Gasteiger partial charge in [0, 0.05) is 0 Å². The molecule has 1 N–H and O–H groups in total. The highest BCUT2D eigenvalue weighted by Gasteiger charge is 2.28. The van der Waals surface area contributed by atoms with Crippen molar-refractivity contribution >= 4 is 5.97 Å². The number of rotatable bonds is 2. The summed E-state index contributed by atoms with van der Waals surface area (Å²) in [6.07, 6.45) is 1.67. The van der Waals surface area contributed by atoms with Crippen LogP contribution in [0.5, 0.6) is 0 Å². The number of carbonyl (C=O) groups is 1. The molecule has 1 atom stereocenters. The molecular formula is C13H16O2. The van der Waals surface area contributed by atoms with Gasteiger partial charge in [0.15, 0.2) is 0 Å². The van der Waals surface area contributed by atoms with Gasteiger partial charge in [-0.15, -0.1) is 0 Å². The van der Waals surface area contributed by atoms with E-state index in [1.165, 1.54) is 11.1 Å². The van der Waals surface area contributed by atoms with Crippen molar-refractivity contribution in [3.63, 3.8) is 0 Å². The van der Waals surface area contributed by atoms with Gasteiger partial charge in [-0.25, -0.2) is 0 Å². The predicted molar refractivity (Wildman–Crippen MR) is 59.2 cm³/mol. The third-order valence-corrected chi connectivity index (χ3v) is 3.21. The average molecular weight is 204 g/mol. The third-order valence-electron chi connectivity index (χ3n) is 3.21. The molecule has 2 rings (SSSR count). The van der Waals surface area contributed by atoms with Crippen molar-refractivity contribution in [2.75, 3.05) is 0 Å². The van der Waals surface area contributed by atoms with Crippen LogP contribution in [0.1, 0.15) is 48.8 Å². The van der Waals surface area contributed by atoms with Gasteiger partial charge in [-0.2, -0.15) is 0 Å². The molecule has 80 valence electrons. The summed E-state index contributed by atoms with van der Waals surface area (Å²) in [5, 5.41) is 9.04. The summed E-state index contributed by atoms with van der Waals surface area (Å²) in [4.78, 5) is 11.0. The second kappa shape index (κ2) is 3.69. The topological polar surface area (TPSA) is 37.3 Å². The van der Waals surface area contributed by atoms with Crippen LogP contribution in [-0.4, -0.2) is 11.1 Å². The molecule has 0 spiro atoms. The normalized spacial score (nSPS) is 19.3. The van der Waals surface area contributed by atoms with Crippen molar-refractivity contribution in [3.8, 4) is 0 Å². The van der Waals surface area contributed by atoms with Crippen LogP contribution in [0, 0.1) is 0 Å². The summed E-state index contributed by atoms with van der Waals surface area (Å²) in [6.45, 7) is 4.32. The lowest BCUT2D eigenvalue weighted by Gasteiger charge is -2.09. The summed E-state index contributed by atoms with van der Waals surface area (Å²) in [5.74, 6) is -0.452. The smallest absolute Gasteiger partial charge is 0.310 e. The molecule has 0 unspecified atom stereocenters. The van der Waals surface area contributed by atoms with E-state index in [-0.39, 0.29) is 5.92 Å². The van der Waals surface area contributed by atoms with E-state index in [9.17, 15) is 4.79 Å². The molecule has 0 fully saturated rings. The maximum absolute atomic E-state index is 11.0. The first-order chi connectivity index (χ1) is 7.09. The summed E-state index contributed by atoms with van der Waals surface area (Å²) < 4.78 is 0. The molecule has 1 aliphatic carbocycles. The number of aliphatic carboxylic acids is 1. The van der Waals surface area contributed by atoms with Crippen molar-refractivity contribution in [1.82, 2.24) is 0 Å². The number of aryl methyl sites for hydroxylation is 1. The molecule has 0 aliphatic heterocycles. The highest BCUT2D eigenvalue weighted by atomic mass is 16.4. The van der Waals surface area contributed by atoms with E-state index >= 15 is 0 Å². The van der Waals surface area contributed by atoms with Crippen molar-refractivity contribution in [2.24, 2.45) is 0 Å². The van der Waals surface area contributed by atoms with Gasteiger partial charge < -0.3 is 5.11 Å². The zero-order valence-electron chi connectivity index (χ0n) is 9.16. The van der Waals surface area contributed by atoms with E-state index in [0.717, 1.165) is 18.4 Å². The first-order valence-corrected chi connectivity index (χ1v) is 5.45. The van der Waals surface area contributed by atoms with Crippen LogP contribution < -0.4 is 0 Å². The Bertz CT molecular complexity index is 394. The van der Waals surface area contributed by atoms with Gasteiger partial charge in [0.05, 0.1) is 5.92 Å². The van der Waals surface area contributed by atoms with Gasteiger partial charge in [0.1, 0.15) is 0 Å². The zero-order valence-corrected chi connectivity index (χ0v) is 9.16. The Morgan fingerprint density at radius 2 is 2.20 bits per heavy atom. The standard InChI is InChI=1S/C13H16O2/c1-8(2)9-3-5-11-10(7-9)4-6-12(11)13(14)15/h3,5,7-8,12H,4,6H2,1-2H3,(H,14,15)/t12-/m1/s1. The third kappa shape index (κ3) is 1.76. The summed E-state index contributed by atoms with van der Waals surface area (Å²) in [7, 11) is 0. The first-order valence-electron chi connectivity index (χ1n) is 5.45. The van der Waals surface area contributed by atoms with E-state index in [1.54, 1.807) is 0 Å². The second-order valence-electron chi connectivity index (χ2n) is 4.54. The number of fused-ring (bicyclic) bond motifs is 1. The summed E-state index contributed by atoms with van der Waals surface area (Å²) in [5.41, 5.74) is 3.56. The van der Waals surface area contributed by atoms with Crippen molar-refractivity contribution < 1.29 is 9.90 Å².